The van der Waals surface area contributed by atoms with Gasteiger partial charge in [-0.3, -0.25) is 9.98 Å². The van der Waals surface area contributed by atoms with E-state index in [0.29, 0.717) is 0 Å². The lowest BCUT2D eigenvalue weighted by Gasteiger charge is -1.82. The van der Waals surface area contributed by atoms with Crippen LogP contribution in [0.3, 0.4) is 0 Å². The van der Waals surface area contributed by atoms with Crippen LogP contribution in [0.4, 0.5) is 0 Å². The number of hydrogen-bond acceptors (Lipinski definition) is 2. The molecule has 2 heteroatoms. The molecule has 0 aliphatic carbocycles. The Labute approximate surface area is 99.5 Å². The lowest BCUT2D eigenvalue weighted by molar-refractivity contribution is 1.29. The van der Waals surface area contributed by atoms with Crippen LogP contribution in [0.25, 0.3) is 0 Å². The Morgan fingerprint density at radius 1 is 1.31 bits per heavy atom. The fourth-order valence-corrected chi connectivity index (χ4v) is 0.606. The molecule has 0 unspecified atom stereocenters. The molecular weight excluding hydrogens is 196 g/mol. The molecular formula is C14H22N2. The van der Waals surface area contributed by atoms with Gasteiger partial charge < -0.3 is 0 Å². The van der Waals surface area contributed by atoms with Crippen molar-refractivity contribution in [3.63, 3.8) is 0 Å². The lowest BCUT2D eigenvalue weighted by Crippen LogP contribution is -1.68. The highest BCUT2D eigenvalue weighted by atomic mass is 14.6. The number of hydrogen-bond donors (Lipinski definition) is 0. The zero-order valence-electron chi connectivity index (χ0n) is 10.8. The van der Waals surface area contributed by atoms with E-state index in [0.717, 1.165) is 5.57 Å². The van der Waals surface area contributed by atoms with Crippen LogP contribution in [0.2, 0.25) is 0 Å². The molecule has 0 aliphatic rings. The maximum atomic E-state index is 3.85. The monoisotopic (exact) mass is 218 g/mol. The molecule has 0 saturated heterocycles. The van der Waals surface area contributed by atoms with Crippen LogP contribution in [0.15, 0.2) is 53.9 Å². The molecule has 0 radical (unpaired) electrons. The predicted molar refractivity (Wildman–Crippen MR) is 73.8 cm³/mol. The third-order valence-corrected chi connectivity index (χ3v) is 1.31. The SMILES string of the molecule is C=N/C=C\C(=C)C.CC.Cc1ccncc1. The summed E-state index contributed by atoms with van der Waals surface area (Å²) in [5.41, 5.74) is 2.25. The highest BCUT2D eigenvalue weighted by molar-refractivity contribution is 5.26. The van der Waals surface area contributed by atoms with Crippen molar-refractivity contribution in [2.45, 2.75) is 27.7 Å². The van der Waals surface area contributed by atoms with Gasteiger partial charge in [-0.15, -0.1) is 0 Å². The summed E-state index contributed by atoms with van der Waals surface area (Å²) >= 11 is 0. The molecule has 2 nitrogen and oxygen atoms in total. The number of allylic oxidation sites excluding steroid dienone is 2. The van der Waals surface area contributed by atoms with Gasteiger partial charge in [0.05, 0.1) is 0 Å². The number of aromatic nitrogens is 1. The quantitative estimate of drug-likeness (QED) is 0.539. The minimum absolute atomic E-state index is 0.993. The van der Waals surface area contributed by atoms with Crippen LogP contribution in [-0.2, 0) is 0 Å². The zero-order valence-corrected chi connectivity index (χ0v) is 10.8. The van der Waals surface area contributed by atoms with E-state index in [-0.39, 0.29) is 0 Å². The van der Waals surface area contributed by atoms with Gasteiger partial charge in [0.1, 0.15) is 0 Å². The van der Waals surface area contributed by atoms with E-state index < -0.39 is 0 Å². The Balaban J connectivity index is 0. The van der Waals surface area contributed by atoms with Crippen LogP contribution in [0.1, 0.15) is 26.3 Å². The van der Waals surface area contributed by atoms with Gasteiger partial charge >= 0.3 is 0 Å². The molecule has 0 bridgehead atoms. The second-order valence-corrected chi connectivity index (χ2v) is 2.87. The molecule has 0 N–H and O–H groups in total. The summed E-state index contributed by atoms with van der Waals surface area (Å²) in [5.74, 6) is 0. The summed E-state index contributed by atoms with van der Waals surface area (Å²) in [6.07, 6.45) is 6.99. The Bertz CT molecular complexity index is 300. The van der Waals surface area contributed by atoms with Crippen LogP contribution in [0.5, 0.6) is 0 Å². The van der Waals surface area contributed by atoms with E-state index in [2.05, 4.69) is 23.3 Å². The molecule has 1 rings (SSSR count). The van der Waals surface area contributed by atoms with E-state index in [1.807, 2.05) is 39.8 Å². The first-order valence-electron chi connectivity index (χ1n) is 5.31. The second-order valence-electron chi connectivity index (χ2n) is 2.87. The van der Waals surface area contributed by atoms with Gasteiger partial charge in [0.15, 0.2) is 0 Å². The molecule has 0 aliphatic heterocycles. The number of rotatable bonds is 2. The van der Waals surface area contributed by atoms with Crippen molar-refractivity contribution in [1.82, 2.24) is 4.98 Å². The predicted octanol–water partition coefficient (Wildman–Crippen LogP) is 4.19. The van der Waals surface area contributed by atoms with Crippen molar-refractivity contribution in [2.24, 2.45) is 4.99 Å². The summed E-state index contributed by atoms with van der Waals surface area (Å²) in [7, 11) is 0. The van der Waals surface area contributed by atoms with Crippen molar-refractivity contribution in [3.05, 3.63) is 54.5 Å². The topological polar surface area (TPSA) is 25.2 Å². The number of aliphatic imine (C=N–C) groups is 1. The maximum absolute atomic E-state index is 3.85. The van der Waals surface area contributed by atoms with Crippen LogP contribution >= 0.6 is 0 Å². The zero-order chi connectivity index (χ0) is 12.8. The van der Waals surface area contributed by atoms with Crippen LogP contribution < -0.4 is 0 Å². The molecule has 0 saturated carbocycles. The molecule has 88 valence electrons. The molecule has 1 aromatic rings. The summed E-state index contributed by atoms with van der Waals surface area (Å²) in [6, 6.07) is 3.94. The van der Waals surface area contributed by atoms with Crippen molar-refractivity contribution >= 4 is 6.72 Å². The van der Waals surface area contributed by atoms with E-state index in [1.165, 1.54) is 5.56 Å². The van der Waals surface area contributed by atoms with E-state index in [4.69, 9.17) is 0 Å². The van der Waals surface area contributed by atoms with E-state index >= 15 is 0 Å². The van der Waals surface area contributed by atoms with E-state index in [1.54, 1.807) is 24.7 Å². The third-order valence-electron chi connectivity index (χ3n) is 1.31. The fraction of sp³-hybridized carbons (Fsp3) is 0.286. The van der Waals surface area contributed by atoms with Gasteiger partial charge in [0.2, 0.25) is 0 Å². The normalized spacial score (nSPS) is 8.25. The average Bonchev–Trinajstić information content (AvgIpc) is 2.31. The minimum atomic E-state index is 0.993. The van der Waals surface area contributed by atoms with Gasteiger partial charge in [0, 0.05) is 18.6 Å². The summed E-state index contributed by atoms with van der Waals surface area (Å²) in [4.78, 5) is 7.33. The standard InChI is InChI=1S/C6H7N.C6H9N.C2H6/c1-6-2-4-7-5-3-6;1-6(2)4-5-7-3;1-2/h2-5H,1H3;4-5H,1,3H2,2H3;1-2H3/b;5-4-;. The van der Waals surface area contributed by atoms with Gasteiger partial charge in [0.25, 0.3) is 0 Å². The Hall–Kier alpha value is -1.70. The molecule has 16 heavy (non-hydrogen) atoms. The molecule has 1 aromatic heterocycles. The van der Waals surface area contributed by atoms with Gasteiger partial charge in [-0.05, 0) is 44.3 Å². The fourth-order valence-electron chi connectivity index (χ4n) is 0.606. The van der Waals surface area contributed by atoms with Crippen LogP contribution in [0, 0.1) is 6.92 Å². The minimum Gasteiger partial charge on any atom is -0.273 e. The number of pyridine rings is 1. The second kappa shape index (κ2) is 13.3. The average molecular weight is 218 g/mol. The molecule has 0 amide bonds. The Morgan fingerprint density at radius 2 is 1.81 bits per heavy atom. The van der Waals surface area contributed by atoms with E-state index in [9.17, 15) is 0 Å². The van der Waals surface area contributed by atoms with Crippen molar-refractivity contribution in [3.8, 4) is 0 Å². The molecule has 0 spiro atoms. The Morgan fingerprint density at radius 3 is 2.00 bits per heavy atom. The number of nitrogens with zero attached hydrogens (tertiary/aromatic N) is 2. The van der Waals surface area contributed by atoms with Crippen molar-refractivity contribution in [1.29, 1.82) is 0 Å². The molecule has 0 aromatic carbocycles. The highest BCUT2D eigenvalue weighted by Crippen LogP contribution is 1.88. The van der Waals surface area contributed by atoms with Gasteiger partial charge in [-0.2, -0.15) is 0 Å². The summed E-state index contributed by atoms with van der Waals surface area (Å²) in [6.45, 7) is 14.8. The molecule has 0 fully saturated rings. The first-order chi connectivity index (χ1) is 7.66. The Kier molecular flexibility index (Phi) is 13.9. The lowest BCUT2D eigenvalue weighted by atomic mass is 10.3. The molecule has 1 heterocycles. The number of aryl methyl sites for hydroxylation is 1. The van der Waals surface area contributed by atoms with Gasteiger partial charge in [-0.25, -0.2) is 0 Å². The van der Waals surface area contributed by atoms with Gasteiger partial charge in [-0.1, -0.05) is 26.0 Å². The summed E-state index contributed by atoms with van der Waals surface area (Å²) in [5, 5.41) is 0. The maximum Gasteiger partial charge on any atom is 0.0270 e. The smallest absolute Gasteiger partial charge is 0.0270 e. The first-order valence-corrected chi connectivity index (χ1v) is 5.31. The van der Waals surface area contributed by atoms with Crippen molar-refractivity contribution < 1.29 is 0 Å². The van der Waals surface area contributed by atoms with Crippen molar-refractivity contribution in [2.75, 3.05) is 0 Å². The van der Waals surface area contributed by atoms with Crippen LogP contribution in [-0.4, -0.2) is 11.7 Å². The first kappa shape index (κ1) is 16.7. The summed E-state index contributed by atoms with van der Waals surface area (Å²) < 4.78 is 0. The highest BCUT2D eigenvalue weighted by Gasteiger charge is 1.73. The molecule has 0 atom stereocenters. The third kappa shape index (κ3) is 14.8. The largest absolute Gasteiger partial charge is 0.273 e.